The molecule has 2 rings (SSSR count). The monoisotopic (exact) mass is 278 g/mol. The largest absolute Gasteiger partial charge is 0.478 e. The highest BCUT2D eigenvalue weighted by Gasteiger charge is 2.25. The van der Waals surface area contributed by atoms with Crippen molar-refractivity contribution in [2.24, 2.45) is 0 Å². The molecule has 0 amide bonds. The van der Waals surface area contributed by atoms with Gasteiger partial charge in [0.2, 0.25) is 0 Å². The van der Waals surface area contributed by atoms with Gasteiger partial charge in [-0.1, -0.05) is 12.1 Å². The van der Waals surface area contributed by atoms with E-state index in [0.29, 0.717) is 11.6 Å². The van der Waals surface area contributed by atoms with Crippen LogP contribution in [0, 0.1) is 0 Å². The number of benzene rings is 1. The van der Waals surface area contributed by atoms with Crippen molar-refractivity contribution in [2.75, 3.05) is 46.9 Å². The van der Waals surface area contributed by atoms with Gasteiger partial charge in [-0.25, -0.2) is 4.79 Å². The number of rotatable bonds is 5. The number of likely N-dealkylation sites (N-methyl/N-ethyl adjacent to an activating group) is 1. The van der Waals surface area contributed by atoms with Crippen LogP contribution in [0.25, 0.3) is 0 Å². The second-order valence-corrected chi connectivity index (χ2v) is 5.22. The number of piperazine rings is 1. The predicted molar refractivity (Wildman–Crippen MR) is 77.1 cm³/mol. The number of aromatic carboxylic acids is 1. The number of hydrogen-bond acceptors (Lipinski definition) is 4. The van der Waals surface area contributed by atoms with E-state index in [4.69, 9.17) is 9.84 Å². The summed E-state index contributed by atoms with van der Waals surface area (Å²) in [6.45, 7) is 4.69. The van der Waals surface area contributed by atoms with Gasteiger partial charge in [0.25, 0.3) is 0 Å². The Morgan fingerprint density at radius 2 is 2.05 bits per heavy atom. The van der Waals surface area contributed by atoms with Crippen molar-refractivity contribution < 1.29 is 14.6 Å². The normalized spacial score (nSPS) is 21.0. The lowest BCUT2D eigenvalue weighted by Gasteiger charge is -2.39. The lowest BCUT2D eigenvalue weighted by molar-refractivity contribution is 0.0692. The van der Waals surface area contributed by atoms with Gasteiger partial charge in [0.15, 0.2) is 0 Å². The number of carboxylic acid groups (broad SMARTS) is 1. The molecule has 1 atom stereocenters. The fourth-order valence-electron chi connectivity index (χ4n) is 2.56. The topological polar surface area (TPSA) is 53.0 Å². The lowest BCUT2D eigenvalue weighted by atomic mass is 10.0. The number of carboxylic acids is 1. The standard InChI is InChI=1S/C15H22N2O3/c1-16-7-8-17(9-10-20-2)11-14(16)12-3-5-13(6-4-12)15(18)19/h3-6,14H,7-11H2,1-2H3,(H,18,19). The molecule has 110 valence electrons. The minimum Gasteiger partial charge on any atom is -0.478 e. The second-order valence-electron chi connectivity index (χ2n) is 5.22. The van der Waals surface area contributed by atoms with Crippen molar-refractivity contribution in [2.45, 2.75) is 6.04 Å². The van der Waals surface area contributed by atoms with Crippen molar-refractivity contribution in [3.63, 3.8) is 0 Å². The van der Waals surface area contributed by atoms with Gasteiger partial charge >= 0.3 is 5.97 Å². The van der Waals surface area contributed by atoms with Gasteiger partial charge in [0.1, 0.15) is 0 Å². The van der Waals surface area contributed by atoms with Gasteiger partial charge in [-0.05, 0) is 24.7 Å². The lowest BCUT2D eigenvalue weighted by Crippen LogP contribution is -2.47. The Morgan fingerprint density at radius 3 is 2.65 bits per heavy atom. The van der Waals surface area contributed by atoms with E-state index in [-0.39, 0.29) is 0 Å². The summed E-state index contributed by atoms with van der Waals surface area (Å²) in [5.74, 6) is -0.879. The van der Waals surface area contributed by atoms with E-state index in [1.165, 1.54) is 5.56 Å². The van der Waals surface area contributed by atoms with Gasteiger partial charge in [-0.3, -0.25) is 9.80 Å². The Bertz CT molecular complexity index is 445. The zero-order chi connectivity index (χ0) is 14.5. The van der Waals surface area contributed by atoms with E-state index in [0.717, 1.165) is 32.8 Å². The molecule has 5 heteroatoms. The first kappa shape index (κ1) is 15.0. The molecular formula is C15H22N2O3. The van der Waals surface area contributed by atoms with Crippen LogP contribution in [0.3, 0.4) is 0 Å². The first-order chi connectivity index (χ1) is 9.61. The number of nitrogens with zero attached hydrogens (tertiary/aromatic N) is 2. The molecule has 1 fully saturated rings. The predicted octanol–water partition coefficient (Wildman–Crippen LogP) is 1.32. The molecule has 1 aromatic rings. The minimum atomic E-state index is -0.879. The number of carbonyl (C=O) groups is 1. The molecule has 1 unspecified atom stereocenters. The quantitative estimate of drug-likeness (QED) is 0.880. The summed E-state index contributed by atoms with van der Waals surface area (Å²) in [5, 5.41) is 8.94. The van der Waals surface area contributed by atoms with Gasteiger partial charge < -0.3 is 9.84 Å². The molecule has 0 spiro atoms. The molecule has 5 nitrogen and oxygen atoms in total. The highest BCUT2D eigenvalue weighted by molar-refractivity contribution is 5.87. The van der Waals surface area contributed by atoms with E-state index in [9.17, 15) is 4.79 Å². The smallest absolute Gasteiger partial charge is 0.335 e. The van der Waals surface area contributed by atoms with Crippen molar-refractivity contribution in [1.82, 2.24) is 9.80 Å². The number of hydrogen-bond donors (Lipinski definition) is 1. The van der Waals surface area contributed by atoms with Crippen molar-refractivity contribution in [1.29, 1.82) is 0 Å². The summed E-state index contributed by atoms with van der Waals surface area (Å²) >= 11 is 0. The maximum absolute atomic E-state index is 10.9. The highest BCUT2D eigenvalue weighted by atomic mass is 16.5. The molecule has 0 aliphatic carbocycles. The Kier molecular flexibility index (Phi) is 5.11. The van der Waals surface area contributed by atoms with Crippen molar-refractivity contribution in [3.05, 3.63) is 35.4 Å². The Hall–Kier alpha value is -1.43. The van der Waals surface area contributed by atoms with Crippen LogP contribution in [0.1, 0.15) is 22.0 Å². The maximum Gasteiger partial charge on any atom is 0.335 e. The van der Waals surface area contributed by atoms with Gasteiger partial charge in [0.05, 0.1) is 12.2 Å². The van der Waals surface area contributed by atoms with E-state index >= 15 is 0 Å². The molecule has 20 heavy (non-hydrogen) atoms. The van der Waals surface area contributed by atoms with Crippen LogP contribution >= 0.6 is 0 Å². The zero-order valence-corrected chi connectivity index (χ0v) is 12.1. The molecule has 0 saturated carbocycles. The first-order valence-electron chi connectivity index (χ1n) is 6.86. The molecular weight excluding hydrogens is 256 g/mol. The van der Waals surface area contributed by atoms with Crippen molar-refractivity contribution >= 4 is 5.97 Å². The van der Waals surface area contributed by atoms with Crippen LogP contribution in [-0.2, 0) is 4.74 Å². The summed E-state index contributed by atoms with van der Waals surface area (Å²) in [4.78, 5) is 15.6. The van der Waals surface area contributed by atoms with Crippen LogP contribution in [0.5, 0.6) is 0 Å². The summed E-state index contributed by atoms with van der Waals surface area (Å²) in [5.41, 5.74) is 1.50. The average Bonchev–Trinajstić information content (AvgIpc) is 2.46. The Labute approximate surface area is 119 Å². The van der Waals surface area contributed by atoms with E-state index in [1.54, 1.807) is 19.2 Å². The van der Waals surface area contributed by atoms with Crippen molar-refractivity contribution in [3.8, 4) is 0 Å². The molecule has 1 saturated heterocycles. The summed E-state index contributed by atoms with van der Waals surface area (Å²) < 4.78 is 5.13. The van der Waals surface area contributed by atoms with Gasteiger partial charge in [-0.2, -0.15) is 0 Å². The highest BCUT2D eigenvalue weighted by Crippen LogP contribution is 2.24. The molecule has 0 bridgehead atoms. The van der Waals surface area contributed by atoms with E-state index < -0.39 is 5.97 Å². The Morgan fingerprint density at radius 1 is 1.35 bits per heavy atom. The fourth-order valence-corrected chi connectivity index (χ4v) is 2.56. The van der Waals surface area contributed by atoms with Crippen LogP contribution < -0.4 is 0 Å². The molecule has 1 aromatic carbocycles. The molecule has 1 heterocycles. The van der Waals surface area contributed by atoms with Crippen LogP contribution in [0.2, 0.25) is 0 Å². The molecule has 1 N–H and O–H groups in total. The third-order valence-electron chi connectivity index (χ3n) is 3.89. The first-order valence-corrected chi connectivity index (χ1v) is 6.86. The van der Waals surface area contributed by atoms with Crippen LogP contribution in [0.15, 0.2) is 24.3 Å². The maximum atomic E-state index is 10.9. The summed E-state index contributed by atoms with van der Waals surface area (Å²) in [7, 11) is 3.83. The summed E-state index contributed by atoms with van der Waals surface area (Å²) in [6, 6.07) is 7.51. The molecule has 1 aliphatic heterocycles. The van der Waals surface area contributed by atoms with Gasteiger partial charge in [-0.15, -0.1) is 0 Å². The fraction of sp³-hybridized carbons (Fsp3) is 0.533. The second kappa shape index (κ2) is 6.83. The third-order valence-corrected chi connectivity index (χ3v) is 3.89. The zero-order valence-electron chi connectivity index (χ0n) is 12.1. The Balaban J connectivity index is 2.06. The average molecular weight is 278 g/mol. The number of ether oxygens (including phenoxy) is 1. The molecule has 0 aromatic heterocycles. The number of methoxy groups -OCH3 is 1. The minimum absolute atomic E-state index is 0.309. The summed E-state index contributed by atoms with van der Waals surface area (Å²) in [6.07, 6.45) is 0. The van der Waals surface area contributed by atoms with Gasteiger partial charge in [0, 0.05) is 39.3 Å². The van der Waals surface area contributed by atoms with E-state index in [2.05, 4.69) is 16.8 Å². The molecule has 1 aliphatic rings. The van der Waals surface area contributed by atoms with Crippen LogP contribution in [-0.4, -0.2) is 67.8 Å². The SMILES string of the molecule is COCCN1CCN(C)C(c2ccc(C(=O)O)cc2)C1. The van der Waals surface area contributed by atoms with Crippen LogP contribution in [0.4, 0.5) is 0 Å². The third kappa shape index (κ3) is 3.56. The molecule has 0 radical (unpaired) electrons. The van der Waals surface area contributed by atoms with E-state index in [1.807, 2.05) is 12.1 Å².